The van der Waals surface area contributed by atoms with Gasteiger partial charge in [0.1, 0.15) is 6.23 Å². The van der Waals surface area contributed by atoms with Crippen LogP contribution in [0.3, 0.4) is 0 Å². The molecule has 1 amide bonds. The Labute approximate surface area is 220 Å². The fourth-order valence-corrected chi connectivity index (χ4v) is 6.85. The summed E-state index contributed by atoms with van der Waals surface area (Å²) in [5.41, 5.74) is 3.85. The predicted molar refractivity (Wildman–Crippen MR) is 140 cm³/mol. The van der Waals surface area contributed by atoms with Gasteiger partial charge in [-0.3, -0.25) is 4.79 Å². The topological polar surface area (TPSA) is 107 Å². The van der Waals surface area contributed by atoms with Gasteiger partial charge in [-0.05, 0) is 38.2 Å². The van der Waals surface area contributed by atoms with Crippen LogP contribution in [0, 0.1) is 0 Å². The highest BCUT2D eigenvalue weighted by Gasteiger charge is 2.30. The van der Waals surface area contributed by atoms with E-state index in [1.54, 1.807) is 6.07 Å². The molecule has 1 aromatic carbocycles. The van der Waals surface area contributed by atoms with Crippen LogP contribution in [0.5, 0.6) is 0 Å². The number of hydrogen-bond donors (Lipinski definition) is 2. The summed E-state index contributed by atoms with van der Waals surface area (Å²) in [6, 6.07) is 3.42. The zero-order valence-corrected chi connectivity index (χ0v) is 22.3. The van der Waals surface area contributed by atoms with Crippen molar-refractivity contribution < 1.29 is 17.9 Å². The Morgan fingerprint density at radius 2 is 2.08 bits per heavy atom. The molecule has 0 spiro atoms. The number of hydrogen-bond acceptors (Lipinski definition) is 5. The molecule has 2 aliphatic rings. The zero-order valence-electron chi connectivity index (χ0n) is 20.0. The predicted octanol–water partition coefficient (Wildman–Crippen LogP) is 3.88. The molecule has 4 heterocycles. The first kappa shape index (κ1) is 25.5. The van der Waals surface area contributed by atoms with Crippen LogP contribution in [-0.2, 0) is 32.5 Å². The number of benzene rings is 1. The molecule has 0 bridgehead atoms. The molecule has 5 rings (SSSR count). The molecule has 2 atom stereocenters. The first-order chi connectivity index (χ1) is 17.3. The maximum atomic E-state index is 12.6. The van der Waals surface area contributed by atoms with Crippen molar-refractivity contribution in [2.45, 2.75) is 57.3 Å². The summed E-state index contributed by atoms with van der Waals surface area (Å²) in [5.74, 6) is -0.573. The maximum absolute atomic E-state index is 12.6. The molecule has 3 aromatic rings. The van der Waals surface area contributed by atoms with Crippen molar-refractivity contribution in [3.8, 4) is 11.1 Å². The summed E-state index contributed by atoms with van der Waals surface area (Å²) in [4.78, 5) is 11.5. The average molecular weight is 555 g/mol. The van der Waals surface area contributed by atoms with Gasteiger partial charge < -0.3 is 14.6 Å². The summed E-state index contributed by atoms with van der Waals surface area (Å²) >= 11 is 13.1. The minimum atomic E-state index is -3.63. The van der Waals surface area contributed by atoms with Crippen molar-refractivity contribution in [1.29, 1.82) is 0 Å². The van der Waals surface area contributed by atoms with Crippen molar-refractivity contribution in [3.63, 3.8) is 0 Å². The lowest BCUT2D eigenvalue weighted by molar-refractivity contribution is -0.120. The summed E-state index contributed by atoms with van der Waals surface area (Å²) < 4.78 is 37.9. The van der Waals surface area contributed by atoms with Crippen LogP contribution >= 0.6 is 23.2 Å². The van der Waals surface area contributed by atoms with Crippen LogP contribution < -0.4 is 10.0 Å². The van der Waals surface area contributed by atoms with E-state index in [0.717, 1.165) is 53.6 Å². The molecule has 0 saturated carbocycles. The second-order valence-electron chi connectivity index (χ2n) is 9.32. The van der Waals surface area contributed by atoms with Crippen LogP contribution in [0.25, 0.3) is 22.0 Å². The number of fused-ring (bicyclic) bond motifs is 3. The van der Waals surface area contributed by atoms with Crippen molar-refractivity contribution in [1.82, 2.24) is 24.4 Å². The fourth-order valence-electron chi connectivity index (χ4n) is 5.16. The third kappa shape index (κ3) is 5.02. The lowest BCUT2D eigenvalue weighted by atomic mass is 9.99. The van der Waals surface area contributed by atoms with Gasteiger partial charge in [0.2, 0.25) is 15.9 Å². The summed E-state index contributed by atoms with van der Waals surface area (Å²) in [6.45, 7) is 1.14. The number of amides is 1. The number of nitrogens with one attached hydrogen (secondary N) is 2. The van der Waals surface area contributed by atoms with Crippen LogP contribution in [0.1, 0.15) is 44.0 Å². The van der Waals surface area contributed by atoms with E-state index in [0.29, 0.717) is 29.4 Å². The van der Waals surface area contributed by atoms with Gasteiger partial charge >= 0.3 is 0 Å². The lowest BCUT2D eigenvalue weighted by Gasteiger charge is -2.27. The van der Waals surface area contributed by atoms with E-state index in [4.69, 9.17) is 27.9 Å². The molecule has 1 saturated heterocycles. The molecule has 2 unspecified atom stereocenters. The van der Waals surface area contributed by atoms with Crippen molar-refractivity contribution >= 4 is 50.0 Å². The Kier molecular flexibility index (Phi) is 7.33. The summed E-state index contributed by atoms with van der Waals surface area (Å²) in [6.07, 6.45) is 8.08. The SMILES string of the molecule is CNC(=O)CCS(=O)(=O)NC1CCc2c(-c3cnn(C4CCCCO4)c3)c3ccc(Cl)c(Cl)c3n2C1. The average Bonchev–Trinajstić information content (AvgIpc) is 3.48. The molecule has 0 aliphatic carbocycles. The lowest BCUT2D eigenvalue weighted by Crippen LogP contribution is -2.42. The minimum Gasteiger partial charge on any atom is -0.359 e. The van der Waals surface area contributed by atoms with Gasteiger partial charge in [-0.25, -0.2) is 17.8 Å². The Bertz CT molecular complexity index is 1400. The number of sulfonamides is 1. The van der Waals surface area contributed by atoms with Gasteiger partial charge in [0.05, 0.1) is 27.5 Å². The number of aromatic nitrogens is 3. The molecule has 2 aliphatic heterocycles. The van der Waals surface area contributed by atoms with Crippen molar-refractivity contribution in [3.05, 3.63) is 40.3 Å². The van der Waals surface area contributed by atoms with E-state index in [2.05, 4.69) is 19.7 Å². The third-order valence-corrected chi connectivity index (χ3v) is 9.15. The first-order valence-electron chi connectivity index (χ1n) is 12.1. The Morgan fingerprint density at radius 3 is 2.83 bits per heavy atom. The quantitative estimate of drug-likeness (QED) is 0.461. The Balaban J connectivity index is 1.48. The second kappa shape index (κ2) is 10.3. The van der Waals surface area contributed by atoms with Gasteiger partial charge in [-0.15, -0.1) is 0 Å². The number of nitrogens with zero attached hydrogens (tertiary/aromatic N) is 3. The van der Waals surface area contributed by atoms with Crippen molar-refractivity contribution in [2.75, 3.05) is 19.4 Å². The van der Waals surface area contributed by atoms with E-state index < -0.39 is 10.0 Å². The normalized spacial score (nSPS) is 20.4. The van der Waals surface area contributed by atoms with Crippen LogP contribution in [0.15, 0.2) is 24.5 Å². The smallest absolute Gasteiger partial charge is 0.220 e. The molecule has 2 aromatic heterocycles. The van der Waals surface area contributed by atoms with Crippen LogP contribution in [0.2, 0.25) is 10.0 Å². The van der Waals surface area contributed by atoms with E-state index in [1.807, 2.05) is 23.1 Å². The molecule has 2 N–H and O–H groups in total. The monoisotopic (exact) mass is 553 g/mol. The number of carbonyl (C=O) groups excluding carboxylic acids is 1. The van der Waals surface area contributed by atoms with E-state index >= 15 is 0 Å². The largest absolute Gasteiger partial charge is 0.359 e. The molecule has 0 radical (unpaired) electrons. The van der Waals surface area contributed by atoms with Gasteiger partial charge in [0.25, 0.3) is 0 Å². The highest BCUT2D eigenvalue weighted by Crippen LogP contribution is 2.43. The highest BCUT2D eigenvalue weighted by molar-refractivity contribution is 7.89. The van der Waals surface area contributed by atoms with E-state index in [-0.39, 0.29) is 30.4 Å². The molecule has 9 nitrogen and oxygen atoms in total. The van der Waals surface area contributed by atoms with E-state index in [9.17, 15) is 13.2 Å². The Morgan fingerprint density at radius 1 is 1.25 bits per heavy atom. The summed E-state index contributed by atoms with van der Waals surface area (Å²) in [7, 11) is -2.14. The minimum absolute atomic E-state index is 0.0659. The highest BCUT2D eigenvalue weighted by atomic mass is 35.5. The number of carbonyl (C=O) groups is 1. The molecular weight excluding hydrogens is 525 g/mol. The van der Waals surface area contributed by atoms with Gasteiger partial charge in [0, 0.05) is 61.1 Å². The van der Waals surface area contributed by atoms with Gasteiger partial charge in [0.15, 0.2) is 0 Å². The second-order valence-corrected chi connectivity index (χ2v) is 12.0. The number of ether oxygens (including phenoxy) is 1. The number of rotatable bonds is 7. The van der Waals surface area contributed by atoms with Crippen molar-refractivity contribution in [2.24, 2.45) is 0 Å². The molecular formula is C24H29Cl2N5O4S. The van der Waals surface area contributed by atoms with Crippen LogP contribution in [-0.4, -0.2) is 54.1 Å². The molecule has 36 heavy (non-hydrogen) atoms. The summed E-state index contributed by atoms with van der Waals surface area (Å²) in [5, 5.41) is 8.87. The molecule has 194 valence electrons. The zero-order chi connectivity index (χ0) is 25.4. The van der Waals surface area contributed by atoms with E-state index in [1.165, 1.54) is 7.05 Å². The number of halogens is 2. The van der Waals surface area contributed by atoms with Gasteiger partial charge in [-0.2, -0.15) is 5.10 Å². The standard InChI is InChI=1S/C24H29Cl2N5O4S/c1-27-20(32)9-11-36(33,34)29-16-5-8-19-22(15-12-28-31(13-15)21-4-2-3-10-35-21)17-6-7-18(25)23(26)24(17)30(19)14-16/h6-7,12-13,16,21,29H,2-5,8-11,14H2,1H3,(H,27,32). The third-order valence-electron chi connectivity index (χ3n) is 6.92. The molecule has 12 heteroatoms. The molecule has 1 fully saturated rings. The maximum Gasteiger partial charge on any atom is 0.220 e. The fraction of sp³-hybridized carbons (Fsp3) is 0.500. The Hall–Kier alpha value is -2.11. The van der Waals surface area contributed by atoms with Crippen LogP contribution in [0.4, 0.5) is 0 Å². The first-order valence-corrected chi connectivity index (χ1v) is 14.5. The van der Waals surface area contributed by atoms with Gasteiger partial charge in [-0.1, -0.05) is 29.3 Å².